The van der Waals surface area contributed by atoms with Crippen molar-refractivity contribution in [2.75, 3.05) is 13.2 Å². The van der Waals surface area contributed by atoms with Crippen molar-refractivity contribution in [3.8, 4) is 0 Å². The molecule has 0 radical (unpaired) electrons. The van der Waals surface area contributed by atoms with Crippen LogP contribution < -0.4 is 0 Å². The van der Waals surface area contributed by atoms with E-state index in [4.69, 9.17) is 4.74 Å². The van der Waals surface area contributed by atoms with Gasteiger partial charge in [-0.05, 0) is 11.8 Å². The van der Waals surface area contributed by atoms with Crippen LogP contribution in [-0.2, 0) is 4.74 Å². The van der Waals surface area contributed by atoms with Gasteiger partial charge in [-0.25, -0.2) is 0 Å². The summed E-state index contributed by atoms with van der Waals surface area (Å²) in [6.45, 7) is 5.49. The van der Waals surface area contributed by atoms with Gasteiger partial charge in [-0.15, -0.1) is 0 Å². The standard InChI is InChI=1S/C7H14O2/c1-5-3-9-4-7(8)6(5)2/h5-8H,3-4H2,1-2H3. The molecule has 9 heavy (non-hydrogen) atoms. The molecule has 2 nitrogen and oxygen atoms in total. The first-order valence-corrected chi connectivity index (χ1v) is 3.47. The van der Waals surface area contributed by atoms with E-state index in [0.717, 1.165) is 6.61 Å². The third kappa shape index (κ3) is 1.43. The fourth-order valence-electron chi connectivity index (χ4n) is 1.06. The van der Waals surface area contributed by atoms with Crippen LogP contribution in [0.15, 0.2) is 0 Å². The molecule has 54 valence electrons. The zero-order chi connectivity index (χ0) is 6.85. The molecular weight excluding hydrogens is 116 g/mol. The second-order valence-electron chi connectivity index (χ2n) is 2.94. The molecule has 1 aliphatic rings. The minimum atomic E-state index is -0.242. The maximum Gasteiger partial charge on any atom is 0.0802 e. The zero-order valence-electron chi connectivity index (χ0n) is 6.00. The van der Waals surface area contributed by atoms with Crippen molar-refractivity contribution >= 4 is 0 Å². The quantitative estimate of drug-likeness (QED) is 0.521. The van der Waals surface area contributed by atoms with Crippen molar-refractivity contribution in [3.63, 3.8) is 0 Å². The van der Waals surface area contributed by atoms with E-state index in [-0.39, 0.29) is 6.10 Å². The molecule has 0 aromatic rings. The first-order chi connectivity index (χ1) is 4.22. The molecule has 0 aliphatic carbocycles. The maximum absolute atomic E-state index is 9.22. The van der Waals surface area contributed by atoms with Crippen LogP contribution in [0.2, 0.25) is 0 Å². The predicted molar refractivity (Wildman–Crippen MR) is 35.2 cm³/mol. The molecule has 1 saturated heterocycles. The molecule has 1 aliphatic heterocycles. The highest BCUT2D eigenvalue weighted by Gasteiger charge is 2.25. The molecule has 1 rings (SSSR count). The summed E-state index contributed by atoms with van der Waals surface area (Å²) in [6.07, 6.45) is -0.242. The number of hydrogen-bond acceptors (Lipinski definition) is 2. The van der Waals surface area contributed by atoms with E-state index in [9.17, 15) is 5.11 Å². The maximum atomic E-state index is 9.22. The van der Waals surface area contributed by atoms with Crippen molar-refractivity contribution in [1.29, 1.82) is 0 Å². The third-order valence-corrected chi connectivity index (χ3v) is 2.17. The summed E-state index contributed by atoms with van der Waals surface area (Å²) in [4.78, 5) is 0. The average molecular weight is 130 g/mol. The molecule has 0 saturated carbocycles. The van der Waals surface area contributed by atoms with Gasteiger partial charge in [0.1, 0.15) is 0 Å². The van der Waals surface area contributed by atoms with Gasteiger partial charge in [0.2, 0.25) is 0 Å². The summed E-state index contributed by atoms with van der Waals surface area (Å²) in [7, 11) is 0. The van der Waals surface area contributed by atoms with Crippen LogP contribution in [0.4, 0.5) is 0 Å². The van der Waals surface area contributed by atoms with Gasteiger partial charge in [0.05, 0.1) is 12.7 Å². The van der Waals surface area contributed by atoms with Crippen molar-refractivity contribution in [3.05, 3.63) is 0 Å². The van der Waals surface area contributed by atoms with Crippen LogP contribution in [-0.4, -0.2) is 24.4 Å². The Kier molecular flexibility index (Phi) is 2.09. The first kappa shape index (κ1) is 7.03. The number of ether oxygens (including phenoxy) is 1. The molecule has 0 spiro atoms. The van der Waals surface area contributed by atoms with Gasteiger partial charge in [-0.2, -0.15) is 0 Å². The number of aliphatic hydroxyl groups is 1. The van der Waals surface area contributed by atoms with Crippen LogP contribution >= 0.6 is 0 Å². The van der Waals surface area contributed by atoms with E-state index in [2.05, 4.69) is 13.8 Å². The zero-order valence-corrected chi connectivity index (χ0v) is 6.00. The van der Waals surface area contributed by atoms with Gasteiger partial charge in [-0.1, -0.05) is 13.8 Å². The Balaban J connectivity index is 2.41. The molecule has 0 bridgehead atoms. The van der Waals surface area contributed by atoms with E-state index in [1.165, 1.54) is 0 Å². The summed E-state index contributed by atoms with van der Waals surface area (Å²) in [5, 5.41) is 9.22. The minimum Gasteiger partial charge on any atom is -0.390 e. The fourth-order valence-corrected chi connectivity index (χ4v) is 1.06. The minimum absolute atomic E-state index is 0.242. The van der Waals surface area contributed by atoms with Gasteiger partial charge >= 0.3 is 0 Å². The Bertz CT molecular complexity index is 82.9. The van der Waals surface area contributed by atoms with E-state index >= 15 is 0 Å². The fraction of sp³-hybridized carbons (Fsp3) is 1.00. The third-order valence-electron chi connectivity index (χ3n) is 2.17. The normalized spacial score (nSPS) is 45.0. The van der Waals surface area contributed by atoms with Gasteiger partial charge in [0.25, 0.3) is 0 Å². The van der Waals surface area contributed by atoms with Crippen LogP contribution in [0.25, 0.3) is 0 Å². The second-order valence-corrected chi connectivity index (χ2v) is 2.94. The van der Waals surface area contributed by atoms with Gasteiger partial charge in [0.15, 0.2) is 0 Å². The van der Waals surface area contributed by atoms with E-state index in [1.54, 1.807) is 0 Å². The monoisotopic (exact) mass is 130 g/mol. The second kappa shape index (κ2) is 2.67. The SMILES string of the molecule is CC1COCC(O)C1C. The highest BCUT2D eigenvalue weighted by Crippen LogP contribution is 2.20. The van der Waals surface area contributed by atoms with Crippen LogP contribution in [0.1, 0.15) is 13.8 Å². The number of rotatable bonds is 0. The average Bonchev–Trinajstić information content (AvgIpc) is 1.83. The topological polar surface area (TPSA) is 29.5 Å². The molecule has 3 unspecified atom stereocenters. The molecular formula is C7H14O2. The Morgan fingerprint density at radius 1 is 1.33 bits per heavy atom. The summed E-state index contributed by atoms with van der Waals surface area (Å²) >= 11 is 0. The highest BCUT2D eigenvalue weighted by molar-refractivity contribution is 4.73. The molecule has 0 amide bonds. The molecule has 1 heterocycles. The summed E-state index contributed by atoms with van der Waals surface area (Å²) in [5.74, 6) is 0.910. The smallest absolute Gasteiger partial charge is 0.0802 e. The lowest BCUT2D eigenvalue weighted by atomic mass is 9.90. The molecule has 0 aromatic carbocycles. The molecule has 1 N–H and O–H groups in total. The lowest BCUT2D eigenvalue weighted by molar-refractivity contribution is -0.0677. The molecule has 3 atom stereocenters. The molecule has 0 aromatic heterocycles. The Hall–Kier alpha value is -0.0800. The largest absolute Gasteiger partial charge is 0.390 e. The Morgan fingerprint density at radius 2 is 2.00 bits per heavy atom. The van der Waals surface area contributed by atoms with Gasteiger partial charge in [-0.3, -0.25) is 0 Å². The van der Waals surface area contributed by atoms with Crippen molar-refractivity contribution in [1.82, 2.24) is 0 Å². The lowest BCUT2D eigenvalue weighted by Gasteiger charge is -2.30. The molecule has 2 heteroatoms. The van der Waals surface area contributed by atoms with E-state index in [1.807, 2.05) is 0 Å². The van der Waals surface area contributed by atoms with Crippen LogP contribution in [0.3, 0.4) is 0 Å². The van der Waals surface area contributed by atoms with Crippen molar-refractivity contribution in [2.45, 2.75) is 20.0 Å². The van der Waals surface area contributed by atoms with E-state index in [0.29, 0.717) is 18.4 Å². The number of hydrogen-bond donors (Lipinski definition) is 1. The van der Waals surface area contributed by atoms with Crippen molar-refractivity contribution in [2.24, 2.45) is 11.8 Å². The Labute approximate surface area is 55.8 Å². The van der Waals surface area contributed by atoms with Gasteiger partial charge < -0.3 is 9.84 Å². The summed E-state index contributed by atoms with van der Waals surface area (Å²) in [6, 6.07) is 0. The van der Waals surface area contributed by atoms with Crippen LogP contribution in [0, 0.1) is 11.8 Å². The molecule has 1 fully saturated rings. The predicted octanol–water partition coefficient (Wildman–Crippen LogP) is 0.650. The number of aliphatic hydroxyl groups excluding tert-OH is 1. The first-order valence-electron chi connectivity index (χ1n) is 3.47. The van der Waals surface area contributed by atoms with E-state index < -0.39 is 0 Å². The summed E-state index contributed by atoms with van der Waals surface area (Å²) in [5.41, 5.74) is 0. The van der Waals surface area contributed by atoms with Crippen LogP contribution in [0.5, 0.6) is 0 Å². The van der Waals surface area contributed by atoms with Crippen molar-refractivity contribution < 1.29 is 9.84 Å². The summed E-state index contributed by atoms with van der Waals surface area (Å²) < 4.78 is 5.11. The lowest BCUT2D eigenvalue weighted by Crippen LogP contribution is -2.36. The Morgan fingerprint density at radius 3 is 2.44 bits per heavy atom. The highest BCUT2D eigenvalue weighted by atomic mass is 16.5. The van der Waals surface area contributed by atoms with Gasteiger partial charge in [0, 0.05) is 6.61 Å².